The Kier molecular flexibility index (Phi) is 4.39. The Labute approximate surface area is 163 Å². The van der Waals surface area contributed by atoms with E-state index in [1.807, 2.05) is 30.3 Å². The summed E-state index contributed by atoms with van der Waals surface area (Å²) >= 11 is 0. The summed E-state index contributed by atoms with van der Waals surface area (Å²) in [5, 5.41) is 0. The van der Waals surface area contributed by atoms with Gasteiger partial charge >= 0.3 is 0 Å². The van der Waals surface area contributed by atoms with E-state index in [0.29, 0.717) is 5.54 Å². The topological polar surface area (TPSA) is 17.1 Å². The number of hydrogen-bond acceptors (Lipinski definition) is 1. The van der Waals surface area contributed by atoms with E-state index in [4.69, 9.17) is 0 Å². The standard InChI is InChI=1S/C25H26OSi/c1-27(2,3)24-22(23(26)19-13-7-4-8-14-19)25(24,20-15-9-5-10-16-20)21-17-11-6-12-18-21/h4-18,22,24H,1-3H3/t22-,24+/m0/s1. The number of hydrogen-bond donors (Lipinski definition) is 0. The second kappa shape index (κ2) is 6.61. The van der Waals surface area contributed by atoms with Crippen molar-refractivity contribution in [3.05, 3.63) is 108 Å². The minimum atomic E-state index is -1.60. The molecular weight excluding hydrogens is 344 g/mol. The molecule has 0 unspecified atom stereocenters. The lowest BCUT2D eigenvalue weighted by atomic mass is 9.84. The van der Waals surface area contributed by atoms with Crippen LogP contribution in [0, 0.1) is 5.92 Å². The third-order valence-corrected chi connectivity index (χ3v) is 8.64. The number of Topliss-reactive ketones (excluding diaryl/α,β-unsaturated/α-hetero) is 1. The molecule has 1 fully saturated rings. The maximum Gasteiger partial charge on any atom is 0.167 e. The second-order valence-electron chi connectivity index (χ2n) is 8.65. The molecule has 0 bridgehead atoms. The van der Waals surface area contributed by atoms with Gasteiger partial charge in [-0.3, -0.25) is 4.79 Å². The molecule has 0 aliphatic heterocycles. The van der Waals surface area contributed by atoms with Crippen molar-refractivity contribution in [2.24, 2.45) is 5.92 Å². The van der Waals surface area contributed by atoms with Crippen molar-refractivity contribution >= 4 is 13.9 Å². The summed E-state index contributed by atoms with van der Waals surface area (Å²) < 4.78 is 0. The number of carbonyl (C=O) groups excluding carboxylic acids is 1. The van der Waals surface area contributed by atoms with Crippen LogP contribution in [0.25, 0.3) is 0 Å². The van der Waals surface area contributed by atoms with Crippen LogP contribution in [0.1, 0.15) is 21.5 Å². The van der Waals surface area contributed by atoms with Crippen molar-refractivity contribution < 1.29 is 4.79 Å². The van der Waals surface area contributed by atoms with E-state index in [0.717, 1.165) is 5.56 Å². The highest BCUT2D eigenvalue weighted by Crippen LogP contribution is 2.72. The predicted octanol–water partition coefficient (Wildman–Crippen LogP) is 6.19. The Morgan fingerprint density at radius 3 is 1.52 bits per heavy atom. The summed E-state index contributed by atoms with van der Waals surface area (Å²) in [5.41, 5.74) is 3.57. The maximum atomic E-state index is 13.6. The average Bonchev–Trinajstić information content (AvgIpc) is 3.42. The zero-order valence-electron chi connectivity index (χ0n) is 16.2. The molecule has 3 aromatic carbocycles. The number of ketones is 1. The fourth-order valence-electron chi connectivity index (χ4n) is 5.02. The highest BCUT2D eigenvalue weighted by atomic mass is 28.3. The highest BCUT2D eigenvalue weighted by molar-refractivity contribution is 6.79. The first-order valence-electron chi connectivity index (χ1n) is 9.67. The Balaban J connectivity index is 1.92. The minimum Gasteiger partial charge on any atom is -0.294 e. The Bertz CT molecular complexity index is 887. The molecule has 0 amide bonds. The monoisotopic (exact) mass is 370 g/mol. The molecule has 2 atom stereocenters. The zero-order valence-corrected chi connectivity index (χ0v) is 17.2. The Morgan fingerprint density at radius 2 is 1.11 bits per heavy atom. The van der Waals surface area contributed by atoms with Crippen LogP contribution in [0.5, 0.6) is 0 Å². The molecule has 0 radical (unpaired) electrons. The van der Waals surface area contributed by atoms with Gasteiger partial charge in [0.15, 0.2) is 5.78 Å². The summed E-state index contributed by atoms with van der Waals surface area (Å²) in [4.78, 5) is 13.6. The van der Waals surface area contributed by atoms with Crippen molar-refractivity contribution in [3.63, 3.8) is 0 Å². The van der Waals surface area contributed by atoms with Gasteiger partial charge in [0, 0.05) is 25.0 Å². The average molecular weight is 371 g/mol. The van der Waals surface area contributed by atoms with Gasteiger partial charge in [-0.2, -0.15) is 0 Å². The molecule has 1 nitrogen and oxygen atoms in total. The van der Waals surface area contributed by atoms with Crippen molar-refractivity contribution in [1.29, 1.82) is 0 Å². The predicted molar refractivity (Wildman–Crippen MR) is 115 cm³/mol. The molecule has 0 heterocycles. The van der Waals surface area contributed by atoms with Crippen LogP contribution in [0.3, 0.4) is 0 Å². The lowest BCUT2D eigenvalue weighted by Gasteiger charge is -2.24. The quantitative estimate of drug-likeness (QED) is 0.386. The van der Waals surface area contributed by atoms with Crippen LogP contribution in [-0.2, 0) is 5.41 Å². The SMILES string of the molecule is C[Si](C)(C)[C@@H]1[C@H](C(=O)c2ccccc2)C1(c1ccccc1)c1ccccc1. The first-order chi connectivity index (χ1) is 13.0. The maximum absolute atomic E-state index is 13.6. The van der Waals surface area contributed by atoms with Gasteiger partial charge in [0.1, 0.15) is 0 Å². The highest BCUT2D eigenvalue weighted by Gasteiger charge is 2.72. The van der Waals surface area contributed by atoms with E-state index in [9.17, 15) is 4.79 Å². The molecule has 0 aromatic heterocycles. The van der Waals surface area contributed by atoms with Crippen molar-refractivity contribution in [3.8, 4) is 0 Å². The van der Waals surface area contributed by atoms with Gasteiger partial charge < -0.3 is 0 Å². The van der Waals surface area contributed by atoms with Crippen molar-refractivity contribution in [2.75, 3.05) is 0 Å². The summed E-state index contributed by atoms with van der Waals surface area (Å²) in [5.74, 6) is 0.298. The van der Waals surface area contributed by atoms with E-state index in [1.54, 1.807) is 0 Å². The van der Waals surface area contributed by atoms with Crippen LogP contribution in [0.4, 0.5) is 0 Å². The Hall–Kier alpha value is -2.45. The first-order valence-corrected chi connectivity index (χ1v) is 13.3. The molecule has 1 aliphatic carbocycles. The molecule has 1 saturated carbocycles. The molecular formula is C25H26OSi. The van der Waals surface area contributed by atoms with Gasteiger partial charge in [-0.1, -0.05) is 111 Å². The fraction of sp³-hybridized carbons (Fsp3) is 0.240. The summed E-state index contributed by atoms with van der Waals surface area (Å²) in [6, 6.07) is 31.2. The zero-order chi connectivity index (χ0) is 19.1. The first kappa shape index (κ1) is 17.9. The van der Waals surface area contributed by atoms with Crippen LogP contribution >= 0.6 is 0 Å². The second-order valence-corrected chi connectivity index (χ2v) is 14.0. The van der Waals surface area contributed by atoms with Crippen LogP contribution < -0.4 is 0 Å². The number of benzene rings is 3. The van der Waals surface area contributed by atoms with Crippen LogP contribution in [-0.4, -0.2) is 13.9 Å². The molecule has 0 spiro atoms. The summed E-state index contributed by atoms with van der Waals surface area (Å²) in [6.07, 6.45) is 0. The number of carbonyl (C=O) groups is 1. The molecule has 0 saturated heterocycles. The van der Waals surface area contributed by atoms with E-state index >= 15 is 0 Å². The molecule has 4 rings (SSSR count). The normalized spacial score (nSPS) is 20.9. The largest absolute Gasteiger partial charge is 0.294 e. The van der Waals surface area contributed by atoms with E-state index in [2.05, 4.69) is 80.3 Å². The minimum absolute atomic E-state index is 0.0105. The third-order valence-electron chi connectivity index (χ3n) is 5.98. The van der Waals surface area contributed by atoms with E-state index in [-0.39, 0.29) is 17.1 Å². The summed E-state index contributed by atoms with van der Waals surface area (Å²) in [6.45, 7) is 7.20. The lowest BCUT2D eigenvalue weighted by Crippen LogP contribution is -2.26. The van der Waals surface area contributed by atoms with Crippen LogP contribution in [0.15, 0.2) is 91.0 Å². The lowest BCUT2D eigenvalue weighted by molar-refractivity contribution is 0.0960. The molecule has 3 aromatic rings. The van der Waals surface area contributed by atoms with Crippen molar-refractivity contribution in [2.45, 2.75) is 30.6 Å². The smallest absolute Gasteiger partial charge is 0.167 e. The van der Waals surface area contributed by atoms with E-state index < -0.39 is 8.07 Å². The Morgan fingerprint density at radius 1 is 0.704 bits per heavy atom. The fourth-order valence-corrected chi connectivity index (χ4v) is 8.22. The van der Waals surface area contributed by atoms with Gasteiger partial charge in [0.2, 0.25) is 0 Å². The van der Waals surface area contributed by atoms with Gasteiger partial charge in [-0.05, 0) is 16.7 Å². The molecule has 1 aliphatic rings. The molecule has 2 heteroatoms. The molecule has 136 valence electrons. The number of rotatable bonds is 5. The van der Waals surface area contributed by atoms with Crippen molar-refractivity contribution in [1.82, 2.24) is 0 Å². The van der Waals surface area contributed by atoms with Gasteiger partial charge in [0.25, 0.3) is 0 Å². The van der Waals surface area contributed by atoms with E-state index in [1.165, 1.54) is 11.1 Å². The van der Waals surface area contributed by atoms with Crippen LogP contribution in [0.2, 0.25) is 25.2 Å². The van der Waals surface area contributed by atoms with Gasteiger partial charge in [0.05, 0.1) is 0 Å². The third kappa shape index (κ3) is 2.89. The van der Waals surface area contributed by atoms with Gasteiger partial charge in [-0.15, -0.1) is 0 Å². The van der Waals surface area contributed by atoms with Gasteiger partial charge in [-0.25, -0.2) is 0 Å². The molecule has 0 N–H and O–H groups in total. The summed E-state index contributed by atoms with van der Waals surface area (Å²) in [7, 11) is -1.60. The molecule has 27 heavy (non-hydrogen) atoms.